The number of hydrogen-bond acceptors (Lipinski definition) is 4. The Kier molecular flexibility index (Phi) is 3.88. The molecule has 1 rings (SSSR count). The minimum atomic E-state index is -1.08. The molecule has 4 N–H and O–H groups in total. The first-order valence-corrected chi connectivity index (χ1v) is 5.27. The molecule has 2 atom stereocenters. The minimum Gasteiger partial charge on any atom is -0.480 e. The summed E-state index contributed by atoms with van der Waals surface area (Å²) in [5.41, 5.74) is 4.74. The molecule has 0 bridgehead atoms. The first kappa shape index (κ1) is 12.9. The summed E-state index contributed by atoms with van der Waals surface area (Å²) in [6, 6.07) is -0.909. The predicted octanol–water partition coefficient (Wildman–Crippen LogP) is -0.670. The fourth-order valence-electron chi connectivity index (χ4n) is 1.56. The van der Waals surface area contributed by atoms with Gasteiger partial charge < -0.3 is 20.9 Å². The van der Waals surface area contributed by atoms with Crippen LogP contribution in [-0.2, 0) is 14.3 Å². The van der Waals surface area contributed by atoms with Crippen LogP contribution in [0.25, 0.3) is 0 Å². The fourth-order valence-corrected chi connectivity index (χ4v) is 1.56. The van der Waals surface area contributed by atoms with Gasteiger partial charge in [-0.1, -0.05) is 13.8 Å². The van der Waals surface area contributed by atoms with E-state index in [2.05, 4.69) is 5.32 Å². The molecule has 0 aromatic heterocycles. The lowest BCUT2D eigenvalue weighted by Gasteiger charge is -2.25. The second-order valence-electron chi connectivity index (χ2n) is 4.49. The van der Waals surface area contributed by atoms with Crippen molar-refractivity contribution in [3.63, 3.8) is 0 Å². The van der Waals surface area contributed by atoms with E-state index in [1.807, 2.05) is 0 Å². The molecule has 92 valence electrons. The molecule has 0 aromatic carbocycles. The summed E-state index contributed by atoms with van der Waals surface area (Å²) in [5, 5.41) is 11.4. The Balaban J connectivity index is 2.65. The van der Waals surface area contributed by atoms with Crippen LogP contribution in [0.2, 0.25) is 0 Å². The van der Waals surface area contributed by atoms with E-state index in [9.17, 15) is 9.59 Å². The Morgan fingerprint density at radius 3 is 2.50 bits per heavy atom. The minimum absolute atomic E-state index is 0.142. The van der Waals surface area contributed by atoms with E-state index in [0.717, 1.165) is 0 Å². The Morgan fingerprint density at radius 2 is 2.12 bits per heavy atom. The monoisotopic (exact) mass is 230 g/mol. The Bertz CT molecular complexity index is 285. The first-order valence-electron chi connectivity index (χ1n) is 5.27. The number of carbonyl (C=O) groups is 2. The SMILES string of the molecule is CC(C)C(NC(=O)C1(N)CCOC1)C(=O)O. The second kappa shape index (κ2) is 4.80. The largest absolute Gasteiger partial charge is 0.480 e. The zero-order valence-electron chi connectivity index (χ0n) is 9.53. The van der Waals surface area contributed by atoms with Crippen LogP contribution in [0.5, 0.6) is 0 Å². The average Bonchev–Trinajstić information content (AvgIpc) is 2.61. The van der Waals surface area contributed by atoms with Crippen LogP contribution >= 0.6 is 0 Å². The lowest BCUT2D eigenvalue weighted by molar-refractivity contribution is -0.144. The summed E-state index contributed by atoms with van der Waals surface area (Å²) in [6.07, 6.45) is 0.420. The van der Waals surface area contributed by atoms with Crippen molar-refractivity contribution in [1.29, 1.82) is 0 Å². The molecule has 1 heterocycles. The number of rotatable bonds is 4. The Morgan fingerprint density at radius 1 is 1.50 bits per heavy atom. The molecule has 0 aromatic rings. The van der Waals surface area contributed by atoms with Crippen molar-refractivity contribution in [2.75, 3.05) is 13.2 Å². The maximum absolute atomic E-state index is 11.8. The molecule has 1 saturated heterocycles. The van der Waals surface area contributed by atoms with Gasteiger partial charge in [-0.25, -0.2) is 4.79 Å². The van der Waals surface area contributed by atoms with Gasteiger partial charge in [0.25, 0.3) is 0 Å². The lowest BCUT2D eigenvalue weighted by Crippen LogP contribution is -2.58. The van der Waals surface area contributed by atoms with Gasteiger partial charge in [-0.15, -0.1) is 0 Å². The van der Waals surface area contributed by atoms with E-state index in [1.165, 1.54) is 0 Å². The van der Waals surface area contributed by atoms with Gasteiger partial charge in [0.05, 0.1) is 6.61 Å². The number of hydrogen-bond donors (Lipinski definition) is 3. The van der Waals surface area contributed by atoms with Crippen LogP contribution in [0.1, 0.15) is 20.3 Å². The molecule has 1 fully saturated rings. The number of carboxylic acid groups (broad SMARTS) is 1. The van der Waals surface area contributed by atoms with Crippen LogP contribution in [0, 0.1) is 5.92 Å². The molecule has 16 heavy (non-hydrogen) atoms. The van der Waals surface area contributed by atoms with E-state index in [-0.39, 0.29) is 12.5 Å². The summed E-state index contributed by atoms with van der Waals surface area (Å²) in [6.45, 7) is 4.04. The number of carboxylic acids is 1. The maximum Gasteiger partial charge on any atom is 0.326 e. The summed E-state index contributed by atoms with van der Waals surface area (Å²) in [5.74, 6) is -1.69. The molecule has 2 unspecified atom stereocenters. The van der Waals surface area contributed by atoms with Crippen LogP contribution in [0.15, 0.2) is 0 Å². The van der Waals surface area contributed by atoms with E-state index in [0.29, 0.717) is 13.0 Å². The topological polar surface area (TPSA) is 102 Å². The predicted molar refractivity (Wildman–Crippen MR) is 56.8 cm³/mol. The van der Waals surface area contributed by atoms with Crippen molar-refractivity contribution in [3.8, 4) is 0 Å². The van der Waals surface area contributed by atoms with Crippen molar-refractivity contribution in [1.82, 2.24) is 5.32 Å². The van der Waals surface area contributed by atoms with Crippen molar-refractivity contribution in [2.45, 2.75) is 31.8 Å². The summed E-state index contributed by atoms with van der Waals surface area (Å²) in [4.78, 5) is 22.7. The highest BCUT2D eigenvalue weighted by molar-refractivity contribution is 5.90. The highest BCUT2D eigenvalue weighted by atomic mass is 16.5. The van der Waals surface area contributed by atoms with Crippen molar-refractivity contribution in [3.05, 3.63) is 0 Å². The molecule has 0 spiro atoms. The third kappa shape index (κ3) is 2.70. The molecule has 6 nitrogen and oxygen atoms in total. The molecule has 1 amide bonds. The third-order valence-electron chi connectivity index (χ3n) is 2.72. The molecule has 6 heteroatoms. The van der Waals surface area contributed by atoms with Gasteiger partial charge in [-0.3, -0.25) is 4.79 Å². The Hall–Kier alpha value is -1.14. The molecule has 0 saturated carbocycles. The number of ether oxygens (including phenoxy) is 1. The van der Waals surface area contributed by atoms with Gasteiger partial charge in [0.2, 0.25) is 5.91 Å². The van der Waals surface area contributed by atoms with Gasteiger partial charge >= 0.3 is 5.97 Å². The van der Waals surface area contributed by atoms with Gasteiger partial charge in [-0.2, -0.15) is 0 Å². The number of carbonyl (C=O) groups excluding carboxylic acids is 1. The molecule has 0 aliphatic carbocycles. The fraction of sp³-hybridized carbons (Fsp3) is 0.800. The number of aliphatic carboxylic acids is 1. The highest BCUT2D eigenvalue weighted by Crippen LogP contribution is 2.16. The smallest absolute Gasteiger partial charge is 0.326 e. The highest BCUT2D eigenvalue weighted by Gasteiger charge is 2.40. The molecule has 1 aliphatic rings. The maximum atomic E-state index is 11.8. The molecular weight excluding hydrogens is 212 g/mol. The van der Waals surface area contributed by atoms with E-state index < -0.39 is 23.5 Å². The van der Waals surface area contributed by atoms with Crippen LogP contribution < -0.4 is 11.1 Å². The standard InChI is InChI=1S/C10H18N2O4/c1-6(2)7(8(13)14)12-9(15)10(11)3-4-16-5-10/h6-7H,3-5,11H2,1-2H3,(H,12,15)(H,13,14). The van der Waals surface area contributed by atoms with E-state index in [4.69, 9.17) is 15.6 Å². The number of amides is 1. The summed E-state index contributed by atoms with van der Waals surface area (Å²) >= 11 is 0. The lowest BCUT2D eigenvalue weighted by atomic mass is 9.97. The number of nitrogens with one attached hydrogen (secondary N) is 1. The van der Waals surface area contributed by atoms with Crippen LogP contribution in [-0.4, -0.2) is 41.8 Å². The van der Waals surface area contributed by atoms with Crippen LogP contribution in [0.3, 0.4) is 0 Å². The second-order valence-corrected chi connectivity index (χ2v) is 4.49. The van der Waals surface area contributed by atoms with Gasteiger partial charge in [0, 0.05) is 6.61 Å². The molecular formula is C10H18N2O4. The first-order chi connectivity index (χ1) is 7.37. The molecule has 0 radical (unpaired) electrons. The Labute approximate surface area is 94.1 Å². The number of nitrogens with two attached hydrogens (primary N) is 1. The van der Waals surface area contributed by atoms with Crippen molar-refractivity contribution in [2.24, 2.45) is 11.7 Å². The zero-order chi connectivity index (χ0) is 12.3. The van der Waals surface area contributed by atoms with Gasteiger partial charge in [0.1, 0.15) is 11.6 Å². The van der Waals surface area contributed by atoms with E-state index in [1.54, 1.807) is 13.8 Å². The van der Waals surface area contributed by atoms with Gasteiger partial charge in [0.15, 0.2) is 0 Å². The van der Waals surface area contributed by atoms with Gasteiger partial charge in [-0.05, 0) is 12.3 Å². The quantitative estimate of drug-likeness (QED) is 0.594. The van der Waals surface area contributed by atoms with Crippen molar-refractivity contribution >= 4 is 11.9 Å². The summed E-state index contributed by atoms with van der Waals surface area (Å²) in [7, 11) is 0. The molecule has 1 aliphatic heterocycles. The average molecular weight is 230 g/mol. The van der Waals surface area contributed by atoms with Crippen LogP contribution in [0.4, 0.5) is 0 Å². The van der Waals surface area contributed by atoms with Crippen molar-refractivity contribution < 1.29 is 19.4 Å². The third-order valence-corrected chi connectivity index (χ3v) is 2.72. The van der Waals surface area contributed by atoms with E-state index >= 15 is 0 Å². The summed E-state index contributed by atoms with van der Waals surface area (Å²) < 4.78 is 5.05. The normalized spacial score (nSPS) is 26.8. The zero-order valence-corrected chi connectivity index (χ0v) is 9.53.